The summed E-state index contributed by atoms with van der Waals surface area (Å²) in [6.07, 6.45) is -0.143. The summed E-state index contributed by atoms with van der Waals surface area (Å²) in [5, 5.41) is 9.72. The number of hydrogen-bond acceptors (Lipinski definition) is 5. The first kappa shape index (κ1) is 25.1. The van der Waals surface area contributed by atoms with E-state index in [1.807, 2.05) is 6.92 Å². The van der Waals surface area contributed by atoms with Crippen LogP contribution in [0.15, 0.2) is 47.4 Å². The van der Waals surface area contributed by atoms with Gasteiger partial charge in [-0.3, -0.25) is 4.79 Å². The van der Waals surface area contributed by atoms with Crippen molar-refractivity contribution in [3.8, 4) is 16.9 Å². The molecular formula is C24H31FN2O5S. The minimum Gasteiger partial charge on any atom is -0.487 e. The molecule has 0 spiro atoms. The SMILES string of the molecule is CCC(=O)N(C)C[C@@H]1Oc2cc(-c3cccc(F)c3)ccc2S(=O)(=O)N([C@@H](C)CO)C[C@@H]1C. The summed E-state index contributed by atoms with van der Waals surface area (Å²) in [7, 11) is -2.28. The van der Waals surface area contributed by atoms with E-state index in [-0.39, 0.29) is 42.2 Å². The molecule has 2 aromatic rings. The van der Waals surface area contributed by atoms with Gasteiger partial charge >= 0.3 is 0 Å². The van der Waals surface area contributed by atoms with E-state index in [9.17, 15) is 22.7 Å². The highest BCUT2D eigenvalue weighted by atomic mass is 32.2. The number of amides is 1. The van der Waals surface area contributed by atoms with Gasteiger partial charge in [-0.15, -0.1) is 0 Å². The van der Waals surface area contributed by atoms with Crippen LogP contribution in [-0.4, -0.2) is 67.5 Å². The lowest BCUT2D eigenvalue weighted by molar-refractivity contribution is -0.131. The van der Waals surface area contributed by atoms with Gasteiger partial charge in [-0.2, -0.15) is 4.31 Å². The van der Waals surface area contributed by atoms with Crippen LogP contribution in [0.2, 0.25) is 0 Å². The number of carbonyl (C=O) groups is 1. The highest BCUT2D eigenvalue weighted by molar-refractivity contribution is 7.89. The third-order valence-corrected chi connectivity index (χ3v) is 8.03. The molecule has 7 nitrogen and oxygen atoms in total. The molecule has 3 atom stereocenters. The van der Waals surface area contributed by atoms with Gasteiger partial charge in [0.25, 0.3) is 0 Å². The molecule has 180 valence electrons. The van der Waals surface area contributed by atoms with Crippen LogP contribution in [0.5, 0.6) is 5.75 Å². The molecule has 1 heterocycles. The Labute approximate surface area is 194 Å². The van der Waals surface area contributed by atoms with E-state index in [0.717, 1.165) is 0 Å². The van der Waals surface area contributed by atoms with Crippen LogP contribution in [0.25, 0.3) is 11.1 Å². The van der Waals surface area contributed by atoms with Crippen molar-refractivity contribution in [3.05, 3.63) is 48.3 Å². The number of halogens is 1. The number of hydrogen-bond donors (Lipinski definition) is 1. The second-order valence-electron chi connectivity index (χ2n) is 8.54. The van der Waals surface area contributed by atoms with Crippen molar-refractivity contribution in [1.29, 1.82) is 0 Å². The minimum atomic E-state index is -3.97. The molecule has 9 heteroatoms. The summed E-state index contributed by atoms with van der Waals surface area (Å²) >= 11 is 0. The summed E-state index contributed by atoms with van der Waals surface area (Å²) in [5.74, 6) is -0.579. The molecule has 0 fully saturated rings. The van der Waals surface area contributed by atoms with Gasteiger partial charge in [-0.1, -0.05) is 32.0 Å². The number of aliphatic hydroxyl groups is 1. The molecule has 0 saturated heterocycles. The van der Waals surface area contributed by atoms with Gasteiger partial charge < -0.3 is 14.7 Å². The minimum absolute atomic E-state index is 0.0238. The fourth-order valence-corrected chi connectivity index (χ4v) is 5.76. The van der Waals surface area contributed by atoms with E-state index in [1.54, 1.807) is 50.1 Å². The first-order chi connectivity index (χ1) is 15.6. The lowest BCUT2D eigenvalue weighted by atomic mass is 10.0. The Morgan fingerprint density at radius 3 is 2.61 bits per heavy atom. The van der Waals surface area contributed by atoms with Gasteiger partial charge in [0, 0.05) is 32.0 Å². The average molecular weight is 479 g/mol. The van der Waals surface area contributed by atoms with Gasteiger partial charge in [0.2, 0.25) is 15.9 Å². The van der Waals surface area contributed by atoms with Crippen LogP contribution in [0.3, 0.4) is 0 Å². The number of aliphatic hydroxyl groups excluding tert-OH is 1. The third-order valence-electron chi connectivity index (χ3n) is 6.01. The maximum Gasteiger partial charge on any atom is 0.247 e. The molecule has 3 rings (SSSR count). The molecule has 1 amide bonds. The fraction of sp³-hybridized carbons (Fsp3) is 0.458. The maximum atomic E-state index is 13.8. The summed E-state index contributed by atoms with van der Waals surface area (Å²) < 4.78 is 48.4. The van der Waals surface area contributed by atoms with Crippen molar-refractivity contribution in [2.75, 3.05) is 26.7 Å². The van der Waals surface area contributed by atoms with Crippen molar-refractivity contribution in [2.24, 2.45) is 5.92 Å². The van der Waals surface area contributed by atoms with E-state index < -0.39 is 28.0 Å². The quantitative estimate of drug-likeness (QED) is 0.689. The van der Waals surface area contributed by atoms with E-state index in [1.165, 1.54) is 22.5 Å². The predicted octanol–water partition coefficient (Wildman–Crippen LogP) is 3.13. The summed E-state index contributed by atoms with van der Waals surface area (Å²) in [6, 6.07) is 10.0. The van der Waals surface area contributed by atoms with Gasteiger partial charge in [0.05, 0.1) is 13.2 Å². The number of benzene rings is 2. The topological polar surface area (TPSA) is 87.2 Å². The van der Waals surface area contributed by atoms with E-state index >= 15 is 0 Å². The predicted molar refractivity (Wildman–Crippen MR) is 124 cm³/mol. The Morgan fingerprint density at radius 2 is 1.97 bits per heavy atom. The summed E-state index contributed by atoms with van der Waals surface area (Å²) in [4.78, 5) is 13.7. The molecule has 0 saturated carbocycles. The molecule has 33 heavy (non-hydrogen) atoms. The van der Waals surface area contributed by atoms with E-state index in [0.29, 0.717) is 17.5 Å². The highest BCUT2D eigenvalue weighted by Crippen LogP contribution is 2.36. The van der Waals surface area contributed by atoms with Crippen molar-refractivity contribution in [1.82, 2.24) is 9.21 Å². The second kappa shape index (κ2) is 10.2. The summed E-state index contributed by atoms with van der Waals surface area (Å²) in [5.41, 5.74) is 1.19. The van der Waals surface area contributed by atoms with Crippen molar-refractivity contribution >= 4 is 15.9 Å². The Balaban J connectivity index is 2.12. The van der Waals surface area contributed by atoms with E-state index in [4.69, 9.17) is 4.74 Å². The normalized spacial score (nSPS) is 21.3. The molecule has 0 radical (unpaired) electrons. The number of nitrogens with zero attached hydrogens (tertiary/aromatic N) is 2. The van der Waals surface area contributed by atoms with Crippen molar-refractivity contribution in [2.45, 2.75) is 44.2 Å². The van der Waals surface area contributed by atoms with Crippen LogP contribution in [0.1, 0.15) is 27.2 Å². The monoisotopic (exact) mass is 478 g/mol. The largest absolute Gasteiger partial charge is 0.487 e. The molecule has 0 aliphatic carbocycles. The van der Waals surface area contributed by atoms with Crippen LogP contribution >= 0.6 is 0 Å². The Bertz CT molecular complexity index is 1110. The van der Waals surface area contributed by atoms with Gasteiger partial charge in [-0.25, -0.2) is 12.8 Å². The Morgan fingerprint density at radius 1 is 1.27 bits per heavy atom. The second-order valence-corrected chi connectivity index (χ2v) is 10.4. The highest BCUT2D eigenvalue weighted by Gasteiger charge is 2.38. The lowest BCUT2D eigenvalue weighted by Gasteiger charge is -2.37. The standard InChI is InChI=1S/C24H31FN2O5S/c1-5-24(29)26(4)14-22-16(2)13-27(17(3)15-28)33(30,31)23-10-9-19(12-21(23)32-22)18-7-6-8-20(25)11-18/h6-12,16-17,22,28H,5,13-15H2,1-4H3/t16-,17-,22-/m0/s1. The zero-order chi connectivity index (χ0) is 24.3. The number of sulfonamides is 1. The molecule has 0 aromatic heterocycles. The van der Waals surface area contributed by atoms with Crippen molar-refractivity contribution < 1.29 is 27.4 Å². The molecule has 0 bridgehead atoms. The zero-order valence-electron chi connectivity index (χ0n) is 19.4. The number of carbonyl (C=O) groups excluding carboxylic acids is 1. The zero-order valence-corrected chi connectivity index (χ0v) is 20.2. The van der Waals surface area contributed by atoms with Crippen LogP contribution < -0.4 is 4.74 Å². The smallest absolute Gasteiger partial charge is 0.247 e. The average Bonchev–Trinajstić information content (AvgIpc) is 2.79. The van der Waals surface area contributed by atoms with Gasteiger partial charge in [-0.05, 0) is 42.3 Å². The fourth-order valence-electron chi connectivity index (χ4n) is 3.93. The maximum absolute atomic E-state index is 13.8. The first-order valence-corrected chi connectivity index (χ1v) is 12.5. The van der Waals surface area contributed by atoms with Crippen molar-refractivity contribution in [3.63, 3.8) is 0 Å². The van der Waals surface area contributed by atoms with E-state index in [2.05, 4.69) is 0 Å². The number of rotatable bonds is 6. The van der Waals surface area contributed by atoms with Gasteiger partial charge in [0.1, 0.15) is 22.6 Å². The van der Waals surface area contributed by atoms with Crippen LogP contribution in [0, 0.1) is 11.7 Å². The lowest BCUT2D eigenvalue weighted by Crippen LogP contribution is -2.50. The Kier molecular flexibility index (Phi) is 7.76. The molecular weight excluding hydrogens is 447 g/mol. The molecule has 0 unspecified atom stereocenters. The first-order valence-electron chi connectivity index (χ1n) is 11.0. The molecule has 1 aliphatic rings. The molecule has 2 aromatic carbocycles. The summed E-state index contributed by atoms with van der Waals surface area (Å²) in [6.45, 7) is 5.37. The van der Waals surface area contributed by atoms with Crippen LogP contribution in [-0.2, 0) is 14.8 Å². The molecule has 1 aliphatic heterocycles. The Hall–Kier alpha value is -2.49. The third kappa shape index (κ3) is 5.37. The molecule has 1 N–H and O–H groups in total. The number of likely N-dealkylation sites (N-methyl/N-ethyl adjacent to an activating group) is 1. The number of ether oxygens (including phenoxy) is 1. The van der Waals surface area contributed by atoms with Crippen LogP contribution in [0.4, 0.5) is 4.39 Å². The number of fused-ring (bicyclic) bond motifs is 1. The van der Waals surface area contributed by atoms with Gasteiger partial charge in [0.15, 0.2) is 0 Å².